The van der Waals surface area contributed by atoms with Crippen molar-refractivity contribution in [2.24, 2.45) is 0 Å². The Morgan fingerprint density at radius 2 is 2.13 bits per heavy atom. The van der Waals surface area contributed by atoms with Gasteiger partial charge in [-0.25, -0.2) is 4.98 Å². The number of rotatable bonds is 2. The molecular weight excluding hydrogens is 216 g/mol. The van der Waals surface area contributed by atoms with Gasteiger partial charge in [-0.15, -0.1) is 12.4 Å². The fourth-order valence-electron chi connectivity index (χ4n) is 2.08. The molecule has 0 radical (unpaired) electrons. The molecule has 0 aliphatic heterocycles. The zero-order valence-electron chi connectivity index (χ0n) is 8.69. The highest BCUT2D eigenvalue weighted by Gasteiger charge is 2.18. The average Bonchev–Trinajstić information content (AvgIpc) is 2.43. The minimum absolute atomic E-state index is 0. The first-order valence-electron chi connectivity index (χ1n) is 4.95. The van der Waals surface area contributed by atoms with Crippen LogP contribution >= 0.6 is 12.4 Å². The molecule has 5 heteroatoms. The Balaban J connectivity index is 0.00000112. The van der Waals surface area contributed by atoms with Crippen LogP contribution in [0.15, 0.2) is 0 Å². The van der Waals surface area contributed by atoms with Gasteiger partial charge in [0.15, 0.2) is 0 Å². The quantitative estimate of drug-likeness (QED) is 0.839. The zero-order chi connectivity index (χ0) is 10.1. The summed E-state index contributed by atoms with van der Waals surface area (Å²) in [6.07, 6.45) is 4.31. The molecule has 1 aliphatic carbocycles. The van der Waals surface area contributed by atoms with Gasteiger partial charge in [-0.05, 0) is 32.6 Å². The van der Waals surface area contributed by atoms with E-state index in [1.165, 1.54) is 6.42 Å². The summed E-state index contributed by atoms with van der Waals surface area (Å²) >= 11 is 0. The van der Waals surface area contributed by atoms with Crippen molar-refractivity contribution in [1.29, 1.82) is 0 Å². The van der Waals surface area contributed by atoms with E-state index in [0.717, 1.165) is 36.5 Å². The number of aryl methyl sites for hydroxylation is 2. The molecule has 0 fully saturated rings. The number of aromatic nitrogens is 2. The van der Waals surface area contributed by atoms with Crippen molar-refractivity contribution in [2.75, 3.05) is 0 Å². The molecule has 0 spiro atoms. The number of aliphatic carboxylic acids is 1. The molecule has 1 aromatic rings. The molecule has 0 bridgehead atoms. The SMILES string of the molecule is Cc1nc2c(n1CC(=O)O)CCCC2.Cl. The van der Waals surface area contributed by atoms with Gasteiger partial charge in [0.05, 0.1) is 5.69 Å². The number of nitrogens with zero attached hydrogens (tertiary/aromatic N) is 2. The van der Waals surface area contributed by atoms with Crippen molar-refractivity contribution in [3.05, 3.63) is 17.2 Å². The van der Waals surface area contributed by atoms with Crippen LogP contribution in [-0.4, -0.2) is 20.6 Å². The van der Waals surface area contributed by atoms with Gasteiger partial charge in [-0.2, -0.15) is 0 Å². The third-order valence-electron chi connectivity index (χ3n) is 2.72. The van der Waals surface area contributed by atoms with Crippen LogP contribution < -0.4 is 0 Å². The minimum atomic E-state index is -0.793. The number of carbonyl (C=O) groups is 1. The molecule has 0 saturated heterocycles. The number of hydrogen-bond acceptors (Lipinski definition) is 2. The maximum absolute atomic E-state index is 10.7. The summed E-state index contributed by atoms with van der Waals surface area (Å²) < 4.78 is 1.83. The smallest absolute Gasteiger partial charge is 0.323 e. The number of fused-ring (bicyclic) bond motifs is 1. The van der Waals surface area contributed by atoms with Crippen LogP contribution in [0.1, 0.15) is 30.1 Å². The van der Waals surface area contributed by atoms with E-state index < -0.39 is 5.97 Å². The predicted molar refractivity (Wildman–Crippen MR) is 58.5 cm³/mol. The van der Waals surface area contributed by atoms with Crippen LogP contribution in [0.2, 0.25) is 0 Å². The summed E-state index contributed by atoms with van der Waals surface area (Å²) in [5.41, 5.74) is 2.24. The molecule has 84 valence electrons. The highest BCUT2D eigenvalue weighted by Crippen LogP contribution is 2.21. The Kier molecular flexibility index (Phi) is 3.74. The Morgan fingerprint density at radius 1 is 1.47 bits per heavy atom. The largest absolute Gasteiger partial charge is 0.480 e. The summed E-state index contributed by atoms with van der Waals surface area (Å²) in [6.45, 7) is 1.93. The summed E-state index contributed by atoms with van der Waals surface area (Å²) in [4.78, 5) is 15.1. The van der Waals surface area contributed by atoms with E-state index in [2.05, 4.69) is 4.98 Å². The van der Waals surface area contributed by atoms with Gasteiger partial charge in [-0.1, -0.05) is 0 Å². The Bertz CT molecular complexity index is 374. The van der Waals surface area contributed by atoms with Crippen molar-refractivity contribution in [2.45, 2.75) is 39.2 Å². The molecule has 0 unspecified atom stereocenters. The van der Waals surface area contributed by atoms with Crippen molar-refractivity contribution in [3.8, 4) is 0 Å². The standard InChI is InChI=1S/C10H14N2O2.ClH/c1-7-11-8-4-2-3-5-9(8)12(7)6-10(13)14;/h2-6H2,1H3,(H,13,14);1H. The zero-order valence-corrected chi connectivity index (χ0v) is 9.51. The summed E-state index contributed by atoms with van der Waals surface area (Å²) in [5.74, 6) is 0.0400. The third kappa shape index (κ3) is 2.31. The second-order valence-electron chi connectivity index (χ2n) is 3.74. The highest BCUT2D eigenvalue weighted by atomic mass is 35.5. The van der Waals surface area contributed by atoms with E-state index in [4.69, 9.17) is 5.11 Å². The molecule has 1 heterocycles. The first-order valence-corrected chi connectivity index (χ1v) is 4.95. The van der Waals surface area contributed by atoms with Crippen LogP contribution in [-0.2, 0) is 24.2 Å². The molecule has 0 amide bonds. The van der Waals surface area contributed by atoms with Crippen LogP contribution in [0.5, 0.6) is 0 Å². The fourth-order valence-corrected chi connectivity index (χ4v) is 2.08. The molecular formula is C10H15ClN2O2. The molecule has 1 aromatic heterocycles. The topological polar surface area (TPSA) is 55.1 Å². The first kappa shape index (κ1) is 12.0. The Hall–Kier alpha value is -1.03. The van der Waals surface area contributed by atoms with E-state index in [0.29, 0.717) is 0 Å². The van der Waals surface area contributed by atoms with Crippen LogP contribution in [0.3, 0.4) is 0 Å². The lowest BCUT2D eigenvalue weighted by molar-refractivity contribution is -0.137. The molecule has 0 aromatic carbocycles. The molecule has 0 saturated carbocycles. The molecule has 2 rings (SSSR count). The van der Waals surface area contributed by atoms with E-state index in [-0.39, 0.29) is 19.0 Å². The number of imidazole rings is 1. The van der Waals surface area contributed by atoms with Crippen molar-refractivity contribution >= 4 is 18.4 Å². The van der Waals surface area contributed by atoms with Gasteiger partial charge in [-0.3, -0.25) is 4.79 Å². The van der Waals surface area contributed by atoms with Crippen LogP contribution in [0.25, 0.3) is 0 Å². The van der Waals surface area contributed by atoms with E-state index in [9.17, 15) is 4.79 Å². The monoisotopic (exact) mass is 230 g/mol. The van der Waals surface area contributed by atoms with Gasteiger partial charge < -0.3 is 9.67 Å². The van der Waals surface area contributed by atoms with Gasteiger partial charge >= 0.3 is 5.97 Å². The predicted octanol–water partition coefficient (Wildman–Crippen LogP) is 1.58. The summed E-state index contributed by atoms with van der Waals surface area (Å²) in [6, 6.07) is 0. The molecule has 0 atom stereocenters. The third-order valence-corrected chi connectivity index (χ3v) is 2.72. The summed E-state index contributed by atoms with van der Waals surface area (Å²) in [5, 5.41) is 8.76. The van der Waals surface area contributed by atoms with Crippen molar-refractivity contribution in [1.82, 2.24) is 9.55 Å². The van der Waals surface area contributed by atoms with Crippen LogP contribution in [0.4, 0.5) is 0 Å². The Labute approximate surface area is 94.7 Å². The number of carboxylic acids is 1. The Morgan fingerprint density at radius 3 is 2.80 bits per heavy atom. The lowest BCUT2D eigenvalue weighted by Gasteiger charge is -2.12. The first-order chi connectivity index (χ1) is 6.68. The van der Waals surface area contributed by atoms with Gasteiger partial charge in [0, 0.05) is 5.69 Å². The molecule has 15 heavy (non-hydrogen) atoms. The second-order valence-corrected chi connectivity index (χ2v) is 3.74. The number of halogens is 1. The van der Waals surface area contributed by atoms with Gasteiger partial charge in [0.1, 0.15) is 12.4 Å². The van der Waals surface area contributed by atoms with Gasteiger partial charge in [0.25, 0.3) is 0 Å². The average molecular weight is 231 g/mol. The minimum Gasteiger partial charge on any atom is -0.480 e. The van der Waals surface area contributed by atoms with Gasteiger partial charge in [0.2, 0.25) is 0 Å². The normalized spacial score (nSPS) is 14.2. The lowest BCUT2D eigenvalue weighted by atomic mass is 10.0. The maximum Gasteiger partial charge on any atom is 0.323 e. The number of hydrogen-bond donors (Lipinski definition) is 1. The van der Waals surface area contributed by atoms with Crippen molar-refractivity contribution in [3.63, 3.8) is 0 Å². The number of carboxylic acid groups (broad SMARTS) is 1. The van der Waals surface area contributed by atoms with E-state index in [1.54, 1.807) is 0 Å². The fraction of sp³-hybridized carbons (Fsp3) is 0.600. The van der Waals surface area contributed by atoms with Crippen LogP contribution in [0, 0.1) is 6.92 Å². The molecule has 1 N–H and O–H groups in total. The highest BCUT2D eigenvalue weighted by molar-refractivity contribution is 5.85. The molecule has 4 nitrogen and oxygen atoms in total. The molecule has 1 aliphatic rings. The van der Waals surface area contributed by atoms with E-state index >= 15 is 0 Å². The van der Waals surface area contributed by atoms with Crippen molar-refractivity contribution < 1.29 is 9.90 Å². The van der Waals surface area contributed by atoms with E-state index in [1.807, 2.05) is 11.5 Å². The second kappa shape index (κ2) is 4.66. The summed E-state index contributed by atoms with van der Waals surface area (Å²) in [7, 11) is 0. The maximum atomic E-state index is 10.7. The lowest BCUT2D eigenvalue weighted by Crippen LogP contribution is -2.15.